The molecular weight excluding hydrogens is 597 g/mol. The minimum atomic E-state index is 0.533. The van der Waals surface area contributed by atoms with Gasteiger partial charge in [0.25, 0.3) is 0 Å². The highest BCUT2D eigenvalue weighted by molar-refractivity contribution is 5.88. The van der Waals surface area contributed by atoms with Crippen LogP contribution in [0, 0.1) is 23.7 Å². The predicted octanol–water partition coefficient (Wildman–Crippen LogP) is 9.59. The van der Waals surface area contributed by atoms with Crippen molar-refractivity contribution in [2.45, 2.75) is 70.4 Å². The largest absolute Gasteiger partial charge is 0.361 e. The molecule has 5 aromatic rings. The summed E-state index contributed by atoms with van der Waals surface area (Å²) in [7, 11) is 0. The third-order valence-corrected chi connectivity index (χ3v) is 12.6. The molecule has 4 nitrogen and oxygen atoms in total. The number of aromatic nitrogens is 2. The first kappa shape index (κ1) is 31.1. The van der Waals surface area contributed by atoms with Gasteiger partial charge in [-0.25, -0.2) is 0 Å². The molecular formula is C45H52N4. The Morgan fingerprint density at radius 3 is 2.33 bits per heavy atom. The Morgan fingerprint density at radius 1 is 0.694 bits per heavy atom. The summed E-state index contributed by atoms with van der Waals surface area (Å²) < 4.78 is 0. The second-order valence-electron chi connectivity index (χ2n) is 15.7. The maximum Gasteiger partial charge on any atom is 0.0463 e. The Bertz CT molecular complexity index is 1980. The van der Waals surface area contributed by atoms with Crippen LogP contribution < -0.4 is 0 Å². The Hall–Kier alpha value is -3.86. The topological polar surface area (TPSA) is 38.1 Å². The van der Waals surface area contributed by atoms with E-state index in [1.165, 1.54) is 101 Å². The lowest BCUT2D eigenvalue weighted by Gasteiger charge is -2.46. The molecule has 6 aliphatic rings. The zero-order valence-corrected chi connectivity index (χ0v) is 29.2. The highest BCUT2D eigenvalue weighted by atomic mass is 15.2. The molecule has 2 saturated heterocycles. The van der Waals surface area contributed by atoms with Gasteiger partial charge in [-0.3, -0.25) is 9.80 Å². The number of fused-ring (bicyclic) bond motifs is 7. The van der Waals surface area contributed by atoms with Gasteiger partial charge in [0.1, 0.15) is 0 Å². The summed E-state index contributed by atoms with van der Waals surface area (Å²) in [6, 6.07) is 26.5. The van der Waals surface area contributed by atoms with Crippen molar-refractivity contribution in [3.8, 4) is 11.1 Å². The van der Waals surface area contributed by atoms with E-state index in [1.807, 2.05) is 0 Å². The monoisotopic (exact) mass is 648 g/mol. The second kappa shape index (κ2) is 13.5. The molecule has 2 aromatic heterocycles. The third kappa shape index (κ3) is 6.23. The molecule has 4 heteroatoms. The molecule has 3 aromatic carbocycles. The van der Waals surface area contributed by atoms with Crippen molar-refractivity contribution in [2.75, 3.05) is 26.2 Å². The molecule has 2 aliphatic carbocycles. The van der Waals surface area contributed by atoms with Gasteiger partial charge in [-0.15, -0.1) is 0 Å². The minimum Gasteiger partial charge on any atom is -0.361 e. The van der Waals surface area contributed by atoms with Crippen LogP contribution in [0.2, 0.25) is 0 Å². The number of nitrogens with zero attached hydrogens (tertiary/aromatic N) is 2. The van der Waals surface area contributed by atoms with E-state index in [0.29, 0.717) is 17.9 Å². The molecule has 0 saturated carbocycles. The number of H-pyrrole nitrogens is 2. The van der Waals surface area contributed by atoms with E-state index in [4.69, 9.17) is 0 Å². The van der Waals surface area contributed by atoms with Crippen LogP contribution in [0.4, 0.5) is 0 Å². The highest BCUT2D eigenvalue weighted by Crippen LogP contribution is 2.39. The van der Waals surface area contributed by atoms with Crippen LogP contribution in [0.3, 0.4) is 0 Å². The molecule has 4 aliphatic heterocycles. The van der Waals surface area contributed by atoms with Crippen molar-refractivity contribution < 1.29 is 0 Å². The molecule has 6 heterocycles. The number of para-hydroxylation sites is 1. The van der Waals surface area contributed by atoms with Gasteiger partial charge >= 0.3 is 0 Å². The summed E-state index contributed by atoms with van der Waals surface area (Å²) in [6.45, 7) is 7.09. The van der Waals surface area contributed by atoms with Gasteiger partial charge in [-0.1, -0.05) is 92.2 Å². The molecule has 0 amide bonds. The zero-order valence-electron chi connectivity index (χ0n) is 29.2. The number of hydrogen-bond donors (Lipinski definition) is 2. The van der Waals surface area contributed by atoms with Gasteiger partial charge in [0.15, 0.2) is 0 Å². The SMILES string of the molecule is CCCC1CC2C=CCC1N(CCc1c[nH]c3cc(-c4cccc(CC5CC6C=CC5N(CCc5c[nH]c7ccccc57)C6)c4)ccc13)C2. The van der Waals surface area contributed by atoms with Gasteiger partial charge in [-0.2, -0.15) is 0 Å². The Morgan fingerprint density at radius 2 is 1.45 bits per heavy atom. The average molecular weight is 649 g/mol. The van der Waals surface area contributed by atoms with E-state index in [-0.39, 0.29) is 0 Å². The van der Waals surface area contributed by atoms with Crippen LogP contribution in [0.25, 0.3) is 32.9 Å². The Balaban J connectivity index is 0.860. The summed E-state index contributed by atoms with van der Waals surface area (Å²) in [5.41, 5.74) is 9.53. The van der Waals surface area contributed by atoms with Crippen molar-refractivity contribution in [3.05, 3.63) is 120 Å². The number of nitrogens with one attached hydrogen (secondary N) is 2. The molecule has 6 unspecified atom stereocenters. The smallest absolute Gasteiger partial charge is 0.0463 e. The quantitative estimate of drug-likeness (QED) is 0.140. The van der Waals surface area contributed by atoms with Crippen LogP contribution in [0.5, 0.6) is 0 Å². The van der Waals surface area contributed by atoms with Crippen LogP contribution in [-0.4, -0.2) is 58.0 Å². The molecule has 2 fully saturated rings. The van der Waals surface area contributed by atoms with Crippen molar-refractivity contribution in [1.82, 2.24) is 19.8 Å². The fourth-order valence-corrected chi connectivity index (χ4v) is 10.3. The molecule has 252 valence electrons. The fraction of sp³-hybridized carbons (Fsp3) is 0.422. The number of benzene rings is 3. The normalized spacial score (nSPS) is 26.7. The second-order valence-corrected chi connectivity index (χ2v) is 15.7. The lowest BCUT2D eigenvalue weighted by Crippen LogP contribution is -2.51. The molecule has 11 rings (SSSR count). The molecule has 0 spiro atoms. The van der Waals surface area contributed by atoms with Crippen molar-refractivity contribution in [2.24, 2.45) is 23.7 Å². The van der Waals surface area contributed by atoms with Crippen molar-refractivity contribution in [3.63, 3.8) is 0 Å². The van der Waals surface area contributed by atoms with Gasteiger partial charge in [0.2, 0.25) is 0 Å². The highest BCUT2D eigenvalue weighted by Gasteiger charge is 2.37. The Kier molecular flexibility index (Phi) is 8.55. The maximum absolute atomic E-state index is 3.65. The van der Waals surface area contributed by atoms with Gasteiger partial charge in [0, 0.05) is 72.5 Å². The van der Waals surface area contributed by atoms with Crippen LogP contribution in [-0.2, 0) is 19.3 Å². The number of piperidine rings is 2. The maximum atomic E-state index is 3.65. The number of hydrogen-bond acceptors (Lipinski definition) is 2. The first-order valence-electron chi connectivity index (χ1n) is 19.3. The van der Waals surface area contributed by atoms with Gasteiger partial charge < -0.3 is 9.97 Å². The average Bonchev–Trinajstić information content (AvgIpc) is 3.61. The van der Waals surface area contributed by atoms with E-state index in [0.717, 1.165) is 43.7 Å². The number of aromatic amines is 2. The molecule has 4 bridgehead atoms. The molecule has 49 heavy (non-hydrogen) atoms. The van der Waals surface area contributed by atoms with Crippen LogP contribution >= 0.6 is 0 Å². The molecule has 6 atom stereocenters. The minimum absolute atomic E-state index is 0.533. The lowest BCUT2D eigenvalue weighted by molar-refractivity contribution is 0.0735. The Labute approximate surface area is 292 Å². The van der Waals surface area contributed by atoms with E-state index >= 15 is 0 Å². The molecule has 0 radical (unpaired) electrons. The van der Waals surface area contributed by atoms with E-state index in [9.17, 15) is 0 Å². The first-order chi connectivity index (χ1) is 24.2. The van der Waals surface area contributed by atoms with Crippen molar-refractivity contribution in [1.29, 1.82) is 0 Å². The van der Waals surface area contributed by atoms with E-state index in [2.05, 4.69) is 130 Å². The summed E-state index contributed by atoms with van der Waals surface area (Å²) in [4.78, 5) is 12.7. The van der Waals surface area contributed by atoms with Gasteiger partial charge in [0.05, 0.1) is 0 Å². The van der Waals surface area contributed by atoms with Crippen LogP contribution in [0.15, 0.2) is 103 Å². The van der Waals surface area contributed by atoms with E-state index in [1.54, 1.807) is 0 Å². The summed E-state index contributed by atoms with van der Waals surface area (Å²) in [5, 5.41) is 2.76. The standard InChI is InChI=1S/C45H52N4/c1-2-7-36-24-32-9-6-13-44(36)48(29-32)20-19-38-28-47-43-26-35(15-16-41(38)43)34-10-5-8-31(22-34)23-39-25-33-14-17-45(39)49(30-33)21-18-37-27-46-42-12-4-3-11-40(37)42/h3-6,8-12,14-17,22,26-28,32-33,36,39,44-47H,2,7,13,18-21,23-25,29-30H2,1H3. The number of rotatable bonds is 11. The molecule has 2 N–H and O–H groups in total. The predicted molar refractivity (Wildman–Crippen MR) is 205 cm³/mol. The zero-order chi connectivity index (χ0) is 32.7. The first-order valence-corrected chi connectivity index (χ1v) is 19.3. The summed E-state index contributed by atoms with van der Waals surface area (Å²) in [5.74, 6) is 2.95. The lowest BCUT2D eigenvalue weighted by atomic mass is 9.74. The van der Waals surface area contributed by atoms with Crippen molar-refractivity contribution >= 4 is 21.8 Å². The van der Waals surface area contributed by atoms with Crippen LogP contribution in [0.1, 0.15) is 55.7 Å². The summed E-state index contributed by atoms with van der Waals surface area (Å²) >= 11 is 0. The fourth-order valence-electron chi connectivity index (χ4n) is 10.3. The third-order valence-electron chi connectivity index (χ3n) is 12.6. The summed E-state index contributed by atoms with van der Waals surface area (Å²) in [6.07, 6.45) is 24.5. The van der Waals surface area contributed by atoms with E-state index < -0.39 is 0 Å². The van der Waals surface area contributed by atoms with Gasteiger partial charge in [-0.05, 0) is 109 Å².